The molecule has 0 saturated carbocycles. The maximum absolute atomic E-state index is 5.62. The molecule has 0 spiro atoms. The number of nitrogens with two attached hydrogens (primary N) is 1. The number of rotatable bonds is 4. The summed E-state index contributed by atoms with van der Waals surface area (Å²) in [4.78, 5) is 0. The minimum Gasteiger partial charge on any atom is -0.493 e. The highest BCUT2D eigenvalue weighted by atomic mass is 79.9. The molecule has 0 bridgehead atoms. The molecule has 0 amide bonds. The predicted octanol–water partition coefficient (Wildman–Crippen LogP) is 2.76. The molecule has 0 aromatic heterocycles. The van der Waals surface area contributed by atoms with Gasteiger partial charge >= 0.3 is 0 Å². The number of amidine groups is 1. The first kappa shape index (κ1) is 15.0. The lowest BCUT2D eigenvalue weighted by Crippen LogP contribution is -2.17. The van der Waals surface area contributed by atoms with E-state index in [2.05, 4.69) is 17.1 Å². The molecule has 2 N–H and O–H groups in total. The lowest BCUT2D eigenvalue weighted by atomic mass is 10.2. The van der Waals surface area contributed by atoms with Crippen LogP contribution in [0.5, 0.6) is 5.75 Å². The van der Waals surface area contributed by atoms with Crippen LogP contribution in [-0.4, -0.2) is 23.2 Å². The number of hydrogen-bond donors (Lipinski definition) is 1. The first-order valence-electron chi connectivity index (χ1n) is 5.45. The Hall–Kier alpha value is -1.01. The van der Waals surface area contributed by atoms with Crippen molar-refractivity contribution in [1.29, 1.82) is 0 Å². The van der Waals surface area contributed by atoms with Gasteiger partial charge in [0.1, 0.15) is 5.75 Å². The lowest BCUT2D eigenvalue weighted by Gasteiger charge is -2.10. The molecule has 18 heavy (non-hydrogen) atoms. The van der Waals surface area contributed by atoms with Gasteiger partial charge in [0.15, 0.2) is 5.17 Å². The third kappa shape index (κ3) is 4.70. The Morgan fingerprint density at radius 1 is 1.28 bits per heavy atom. The predicted molar refractivity (Wildman–Crippen MR) is 83.1 cm³/mol. The highest BCUT2D eigenvalue weighted by Crippen LogP contribution is 2.13. The Bertz CT molecular complexity index is 445. The number of hydrogen-bond acceptors (Lipinski definition) is 5. The largest absolute Gasteiger partial charge is 0.493 e. The van der Waals surface area contributed by atoms with E-state index in [1.54, 1.807) is 0 Å². The second-order valence-corrected chi connectivity index (χ2v) is 4.80. The first-order valence-corrected chi connectivity index (χ1v) is 6.44. The molecule has 0 unspecified atom stereocenters. The molecule has 98 valence electrons. The molecule has 2 rings (SSSR count). The van der Waals surface area contributed by atoms with Gasteiger partial charge in [0.2, 0.25) is 0 Å². The summed E-state index contributed by atoms with van der Waals surface area (Å²) in [6.45, 7) is 2.68. The summed E-state index contributed by atoms with van der Waals surface area (Å²) in [7, 11) is 0. The molecule has 0 radical (unpaired) electrons. The molecule has 1 aliphatic heterocycles. The van der Waals surface area contributed by atoms with Crippen LogP contribution in [0.15, 0.2) is 34.5 Å². The lowest BCUT2D eigenvalue weighted by molar-refractivity contribution is 0.329. The van der Waals surface area contributed by atoms with Gasteiger partial charge in [0.25, 0.3) is 0 Å². The van der Waals surface area contributed by atoms with E-state index < -0.39 is 0 Å². The van der Waals surface area contributed by atoms with Gasteiger partial charge in [-0.1, -0.05) is 29.5 Å². The summed E-state index contributed by atoms with van der Waals surface area (Å²) in [5.41, 5.74) is 7.76. The van der Waals surface area contributed by atoms with Crippen molar-refractivity contribution in [1.82, 2.24) is 0 Å². The van der Waals surface area contributed by atoms with Crippen molar-refractivity contribution in [3.63, 3.8) is 0 Å². The molecule has 0 saturated heterocycles. The van der Waals surface area contributed by atoms with Gasteiger partial charge in [-0.05, 0) is 19.1 Å². The number of thioether (sulfide) groups is 1. The fraction of sp³-hybridized carbons (Fsp3) is 0.333. The number of halogens is 1. The first-order chi connectivity index (χ1) is 8.24. The van der Waals surface area contributed by atoms with Gasteiger partial charge in [-0.2, -0.15) is 5.10 Å². The highest BCUT2D eigenvalue weighted by Gasteiger charge is 2.07. The standard InChI is InChI=1S/C12H15N3OS.BrH/c1-9-2-4-11(5-3-9)16-7-6-10-8-17-12(13)15-14-10;/h2-5H,6-8H2,1H3,(H2,13,15);1H. The second-order valence-electron chi connectivity index (χ2n) is 3.80. The SMILES string of the molecule is Br.Cc1ccc(OCCC2=NN=C(N)SC2)cc1. The summed E-state index contributed by atoms with van der Waals surface area (Å²) in [6, 6.07) is 8.02. The van der Waals surface area contributed by atoms with Crippen LogP contribution in [-0.2, 0) is 0 Å². The van der Waals surface area contributed by atoms with Gasteiger partial charge in [0.05, 0.1) is 12.3 Å². The smallest absolute Gasteiger partial charge is 0.180 e. The van der Waals surface area contributed by atoms with Crippen LogP contribution in [0.4, 0.5) is 0 Å². The van der Waals surface area contributed by atoms with Crippen LogP contribution in [0.1, 0.15) is 12.0 Å². The Balaban J connectivity index is 0.00000162. The minimum atomic E-state index is 0. The molecule has 6 heteroatoms. The Morgan fingerprint density at radius 2 is 2.00 bits per heavy atom. The fourth-order valence-corrected chi connectivity index (χ4v) is 1.99. The van der Waals surface area contributed by atoms with Crippen molar-refractivity contribution >= 4 is 39.6 Å². The van der Waals surface area contributed by atoms with Gasteiger partial charge in [-0.15, -0.1) is 22.1 Å². The molecule has 1 heterocycles. The van der Waals surface area contributed by atoms with Crippen LogP contribution in [0.25, 0.3) is 0 Å². The zero-order valence-corrected chi connectivity index (χ0v) is 12.7. The monoisotopic (exact) mass is 329 g/mol. The van der Waals surface area contributed by atoms with E-state index >= 15 is 0 Å². The second kappa shape index (κ2) is 7.43. The van der Waals surface area contributed by atoms with Crippen molar-refractivity contribution in [3.05, 3.63) is 29.8 Å². The topological polar surface area (TPSA) is 60.0 Å². The summed E-state index contributed by atoms with van der Waals surface area (Å²) >= 11 is 1.52. The highest BCUT2D eigenvalue weighted by molar-refractivity contribution is 8.93. The van der Waals surface area contributed by atoms with Gasteiger partial charge in [0, 0.05) is 12.2 Å². The summed E-state index contributed by atoms with van der Waals surface area (Å²) in [6.07, 6.45) is 0.789. The number of ether oxygens (including phenoxy) is 1. The zero-order valence-electron chi connectivity index (χ0n) is 10.1. The average molecular weight is 330 g/mol. The van der Waals surface area contributed by atoms with E-state index in [-0.39, 0.29) is 17.0 Å². The van der Waals surface area contributed by atoms with E-state index in [0.29, 0.717) is 11.8 Å². The van der Waals surface area contributed by atoms with Crippen molar-refractivity contribution < 1.29 is 4.74 Å². The normalized spacial score (nSPS) is 14.3. The van der Waals surface area contributed by atoms with E-state index in [0.717, 1.165) is 23.6 Å². The van der Waals surface area contributed by atoms with Crippen molar-refractivity contribution in [2.24, 2.45) is 15.9 Å². The van der Waals surface area contributed by atoms with Crippen LogP contribution in [0, 0.1) is 6.92 Å². The van der Waals surface area contributed by atoms with Gasteiger partial charge < -0.3 is 10.5 Å². The number of nitrogens with zero attached hydrogens (tertiary/aromatic N) is 2. The third-order valence-electron chi connectivity index (χ3n) is 2.36. The minimum absolute atomic E-state index is 0. The summed E-state index contributed by atoms with van der Waals surface area (Å²) in [5.74, 6) is 1.70. The Kier molecular flexibility index (Phi) is 6.21. The van der Waals surface area contributed by atoms with Crippen LogP contribution >= 0.6 is 28.7 Å². The number of aryl methyl sites for hydroxylation is 1. The maximum Gasteiger partial charge on any atom is 0.180 e. The van der Waals surface area contributed by atoms with Crippen LogP contribution in [0.3, 0.4) is 0 Å². The van der Waals surface area contributed by atoms with Crippen LogP contribution in [0.2, 0.25) is 0 Å². The molecule has 0 atom stereocenters. The summed E-state index contributed by atoms with van der Waals surface area (Å²) < 4.78 is 5.62. The van der Waals surface area contributed by atoms with E-state index in [1.807, 2.05) is 24.3 Å². The van der Waals surface area contributed by atoms with Gasteiger partial charge in [-0.3, -0.25) is 0 Å². The molecular weight excluding hydrogens is 314 g/mol. The average Bonchev–Trinajstić information content (AvgIpc) is 2.34. The fourth-order valence-electron chi connectivity index (χ4n) is 1.38. The van der Waals surface area contributed by atoms with Crippen LogP contribution < -0.4 is 10.5 Å². The molecule has 1 aliphatic rings. The molecule has 1 aromatic carbocycles. The van der Waals surface area contributed by atoms with E-state index in [9.17, 15) is 0 Å². The van der Waals surface area contributed by atoms with E-state index in [1.165, 1.54) is 17.3 Å². The molecule has 0 fully saturated rings. The van der Waals surface area contributed by atoms with E-state index in [4.69, 9.17) is 10.5 Å². The number of benzene rings is 1. The summed E-state index contributed by atoms with van der Waals surface area (Å²) in [5, 5.41) is 8.41. The Morgan fingerprint density at radius 3 is 2.61 bits per heavy atom. The molecule has 0 aliphatic carbocycles. The Labute approximate surface area is 121 Å². The van der Waals surface area contributed by atoms with Crippen molar-refractivity contribution in [3.8, 4) is 5.75 Å². The third-order valence-corrected chi connectivity index (χ3v) is 3.21. The zero-order chi connectivity index (χ0) is 12.1. The maximum atomic E-state index is 5.62. The molecular formula is C12H16BrN3OS. The quantitative estimate of drug-likeness (QED) is 0.923. The van der Waals surface area contributed by atoms with Gasteiger partial charge in [-0.25, -0.2) is 0 Å². The van der Waals surface area contributed by atoms with Crippen molar-refractivity contribution in [2.75, 3.05) is 12.4 Å². The molecule has 1 aromatic rings. The van der Waals surface area contributed by atoms with Crippen molar-refractivity contribution in [2.45, 2.75) is 13.3 Å². The molecule has 4 nitrogen and oxygen atoms in total.